The van der Waals surface area contributed by atoms with Crippen molar-refractivity contribution in [2.75, 3.05) is 31.1 Å². The summed E-state index contributed by atoms with van der Waals surface area (Å²) in [6.45, 7) is 1.89. The molecule has 27 heavy (non-hydrogen) atoms. The maximum Gasteiger partial charge on any atom is 0.243 e. The lowest BCUT2D eigenvalue weighted by Gasteiger charge is -2.33. The molecule has 2 heterocycles. The SMILES string of the molecule is O=S(=O)(c1ccc(F)cc1)N1CCN(c2ncc(-c3ccccc3)s2)CC1. The Morgan fingerprint density at radius 3 is 2.26 bits per heavy atom. The molecule has 1 aliphatic rings. The van der Waals surface area contributed by atoms with E-state index in [-0.39, 0.29) is 4.90 Å². The molecule has 2 aromatic carbocycles. The fourth-order valence-corrected chi connectivity index (χ4v) is 5.42. The van der Waals surface area contributed by atoms with Crippen molar-refractivity contribution in [2.24, 2.45) is 0 Å². The van der Waals surface area contributed by atoms with E-state index in [1.54, 1.807) is 11.3 Å². The smallest absolute Gasteiger partial charge is 0.243 e. The number of hydrogen-bond acceptors (Lipinski definition) is 5. The number of nitrogens with zero attached hydrogens (tertiary/aromatic N) is 3. The van der Waals surface area contributed by atoms with Gasteiger partial charge < -0.3 is 4.90 Å². The second-order valence-electron chi connectivity index (χ2n) is 6.22. The van der Waals surface area contributed by atoms with Gasteiger partial charge in [0.25, 0.3) is 0 Å². The van der Waals surface area contributed by atoms with Gasteiger partial charge in [-0.15, -0.1) is 0 Å². The van der Waals surface area contributed by atoms with Crippen LogP contribution in [0.4, 0.5) is 9.52 Å². The average molecular weight is 404 g/mol. The highest BCUT2D eigenvalue weighted by Crippen LogP contribution is 2.31. The van der Waals surface area contributed by atoms with Gasteiger partial charge in [0.15, 0.2) is 5.13 Å². The van der Waals surface area contributed by atoms with E-state index >= 15 is 0 Å². The number of aromatic nitrogens is 1. The predicted molar refractivity (Wildman–Crippen MR) is 105 cm³/mol. The molecule has 1 aliphatic heterocycles. The summed E-state index contributed by atoms with van der Waals surface area (Å²) in [7, 11) is -3.60. The first-order valence-electron chi connectivity index (χ1n) is 8.56. The Kier molecular flexibility index (Phi) is 4.94. The van der Waals surface area contributed by atoms with Crippen LogP contribution in [-0.2, 0) is 10.0 Å². The van der Waals surface area contributed by atoms with E-state index in [0.717, 1.165) is 15.6 Å². The molecule has 0 amide bonds. The van der Waals surface area contributed by atoms with Gasteiger partial charge in [-0.3, -0.25) is 0 Å². The summed E-state index contributed by atoms with van der Waals surface area (Å²) in [6.07, 6.45) is 1.86. The van der Waals surface area contributed by atoms with Crippen molar-refractivity contribution in [3.63, 3.8) is 0 Å². The number of halogens is 1. The van der Waals surface area contributed by atoms with Crippen LogP contribution in [0, 0.1) is 5.82 Å². The highest BCUT2D eigenvalue weighted by atomic mass is 32.2. The molecule has 1 aromatic heterocycles. The van der Waals surface area contributed by atoms with Crippen molar-refractivity contribution in [3.05, 3.63) is 66.6 Å². The fraction of sp³-hybridized carbons (Fsp3) is 0.211. The Hall–Kier alpha value is -2.29. The Bertz CT molecular complexity index is 1010. The highest BCUT2D eigenvalue weighted by Gasteiger charge is 2.29. The lowest BCUT2D eigenvalue weighted by atomic mass is 10.2. The summed E-state index contributed by atoms with van der Waals surface area (Å²) in [4.78, 5) is 7.82. The minimum Gasteiger partial charge on any atom is -0.345 e. The third kappa shape index (κ3) is 3.73. The van der Waals surface area contributed by atoms with Gasteiger partial charge in [-0.25, -0.2) is 17.8 Å². The Balaban J connectivity index is 1.45. The summed E-state index contributed by atoms with van der Waals surface area (Å²) in [5, 5.41) is 0.896. The molecule has 0 unspecified atom stereocenters. The second kappa shape index (κ2) is 7.38. The van der Waals surface area contributed by atoms with E-state index < -0.39 is 15.8 Å². The van der Waals surface area contributed by atoms with Gasteiger partial charge in [-0.1, -0.05) is 41.7 Å². The van der Waals surface area contributed by atoms with Gasteiger partial charge >= 0.3 is 0 Å². The van der Waals surface area contributed by atoms with Crippen LogP contribution in [0.25, 0.3) is 10.4 Å². The molecule has 3 aromatic rings. The lowest BCUT2D eigenvalue weighted by molar-refractivity contribution is 0.384. The number of thiazole rings is 1. The van der Waals surface area contributed by atoms with Gasteiger partial charge in [0.1, 0.15) is 5.82 Å². The Morgan fingerprint density at radius 1 is 0.926 bits per heavy atom. The van der Waals surface area contributed by atoms with Gasteiger partial charge in [-0.05, 0) is 29.8 Å². The number of hydrogen-bond donors (Lipinski definition) is 0. The van der Waals surface area contributed by atoms with Crippen molar-refractivity contribution in [1.82, 2.24) is 9.29 Å². The van der Waals surface area contributed by atoms with Crippen LogP contribution < -0.4 is 4.90 Å². The minimum absolute atomic E-state index is 0.123. The van der Waals surface area contributed by atoms with Crippen LogP contribution in [0.1, 0.15) is 0 Å². The third-order valence-corrected chi connectivity index (χ3v) is 7.53. The maximum absolute atomic E-state index is 13.1. The fourth-order valence-electron chi connectivity index (χ4n) is 3.02. The molecule has 0 bridgehead atoms. The molecule has 140 valence electrons. The molecule has 0 N–H and O–H groups in total. The summed E-state index contributed by atoms with van der Waals surface area (Å²) < 4.78 is 39.9. The van der Waals surface area contributed by atoms with Crippen LogP contribution >= 0.6 is 11.3 Å². The zero-order valence-corrected chi connectivity index (χ0v) is 16.1. The van der Waals surface area contributed by atoms with Gasteiger partial charge in [0.05, 0.1) is 9.77 Å². The second-order valence-corrected chi connectivity index (χ2v) is 9.17. The monoisotopic (exact) mass is 403 g/mol. The third-order valence-electron chi connectivity index (χ3n) is 4.51. The first kappa shape index (κ1) is 18.1. The molecule has 1 saturated heterocycles. The van der Waals surface area contributed by atoms with Crippen LogP contribution in [0.2, 0.25) is 0 Å². The predicted octanol–water partition coefficient (Wildman–Crippen LogP) is 3.46. The van der Waals surface area contributed by atoms with Crippen LogP contribution in [-0.4, -0.2) is 43.9 Å². The van der Waals surface area contributed by atoms with Gasteiger partial charge in [-0.2, -0.15) is 4.31 Å². The van der Waals surface area contributed by atoms with Crippen molar-refractivity contribution in [2.45, 2.75) is 4.90 Å². The number of piperazine rings is 1. The first-order valence-corrected chi connectivity index (χ1v) is 10.8. The molecule has 0 aliphatic carbocycles. The molecule has 5 nitrogen and oxygen atoms in total. The maximum atomic E-state index is 13.1. The van der Waals surface area contributed by atoms with Gasteiger partial charge in [0.2, 0.25) is 10.0 Å². The van der Waals surface area contributed by atoms with E-state index in [1.807, 2.05) is 36.5 Å². The van der Waals surface area contributed by atoms with Crippen LogP contribution in [0.15, 0.2) is 65.7 Å². The number of rotatable bonds is 4. The molecule has 0 radical (unpaired) electrons. The standard InChI is InChI=1S/C19H18FN3O2S2/c20-16-6-8-17(9-7-16)27(24,25)23-12-10-22(11-13-23)19-21-14-18(26-19)15-4-2-1-3-5-15/h1-9,14H,10-13H2. The summed E-state index contributed by atoms with van der Waals surface area (Å²) in [6, 6.07) is 15.0. The zero-order chi connectivity index (χ0) is 18.9. The van der Waals surface area contributed by atoms with Crippen molar-refractivity contribution in [1.29, 1.82) is 0 Å². The molecule has 1 fully saturated rings. The topological polar surface area (TPSA) is 53.5 Å². The van der Waals surface area contributed by atoms with E-state index in [4.69, 9.17) is 0 Å². The van der Waals surface area contributed by atoms with E-state index in [1.165, 1.54) is 28.6 Å². The minimum atomic E-state index is -3.60. The van der Waals surface area contributed by atoms with Crippen LogP contribution in [0.5, 0.6) is 0 Å². The largest absolute Gasteiger partial charge is 0.345 e. The van der Waals surface area contributed by atoms with Crippen molar-refractivity contribution < 1.29 is 12.8 Å². The molecule has 0 atom stereocenters. The van der Waals surface area contributed by atoms with Crippen LogP contribution in [0.3, 0.4) is 0 Å². The molecular weight excluding hydrogens is 385 g/mol. The first-order chi connectivity index (χ1) is 13.0. The quantitative estimate of drug-likeness (QED) is 0.670. The molecule has 0 saturated carbocycles. The number of benzene rings is 2. The number of anilines is 1. The van der Waals surface area contributed by atoms with Crippen molar-refractivity contribution in [3.8, 4) is 10.4 Å². The molecular formula is C19H18FN3O2S2. The average Bonchev–Trinajstić information content (AvgIpc) is 3.19. The van der Waals surface area contributed by atoms with E-state index in [9.17, 15) is 12.8 Å². The van der Waals surface area contributed by atoms with Gasteiger partial charge in [0, 0.05) is 32.4 Å². The van der Waals surface area contributed by atoms with E-state index in [2.05, 4.69) is 9.88 Å². The lowest BCUT2D eigenvalue weighted by Crippen LogP contribution is -2.48. The molecule has 4 rings (SSSR count). The highest BCUT2D eigenvalue weighted by molar-refractivity contribution is 7.89. The number of sulfonamides is 1. The summed E-state index contributed by atoms with van der Waals surface area (Å²) in [5.41, 5.74) is 1.12. The van der Waals surface area contributed by atoms with E-state index in [0.29, 0.717) is 26.2 Å². The summed E-state index contributed by atoms with van der Waals surface area (Å²) >= 11 is 1.60. The molecule has 0 spiro atoms. The summed E-state index contributed by atoms with van der Waals surface area (Å²) in [5.74, 6) is -0.447. The van der Waals surface area contributed by atoms with Crippen molar-refractivity contribution >= 4 is 26.5 Å². The Morgan fingerprint density at radius 2 is 1.59 bits per heavy atom. The molecule has 8 heteroatoms. The zero-order valence-electron chi connectivity index (χ0n) is 14.5. The Labute approximate surface area is 161 Å². The normalized spacial score (nSPS) is 15.8.